The van der Waals surface area contributed by atoms with Gasteiger partial charge >= 0.3 is 5.97 Å². The van der Waals surface area contributed by atoms with Crippen LogP contribution in [0.2, 0.25) is 0 Å². The van der Waals surface area contributed by atoms with Gasteiger partial charge in [-0.15, -0.1) is 0 Å². The first-order valence-electron chi connectivity index (χ1n) is 7.84. The van der Waals surface area contributed by atoms with Crippen molar-refractivity contribution in [1.29, 1.82) is 0 Å². The molecule has 128 valence electrons. The van der Waals surface area contributed by atoms with E-state index < -0.39 is 12.1 Å². The summed E-state index contributed by atoms with van der Waals surface area (Å²) in [5.74, 6) is -0.830. The molecule has 0 aliphatic carbocycles. The van der Waals surface area contributed by atoms with E-state index in [1.54, 1.807) is 29.9 Å². The Balaban J connectivity index is 1.93. The zero-order valence-corrected chi connectivity index (χ0v) is 14.4. The quantitative estimate of drug-likeness (QED) is 0.855. The van der Waals surface area contributed by atoms with Crippen LogP contribution in [0.1, 0.15) is 43.6 Å². The van der Waals surface area contributed by atoms with Crippen LogP contribution in [0.15, 0.2) is 42.7 Å². The molecule has 0 aliphatic heterocycles. The van der Waals surface area contributed by atoms with Gasteiger partial charge < -0.3 is 10.1 Å². The summed E-state index contributed by atoms with van der Waals surface area (Å²) in [4.78, 5) is 24.1. The second kappa shape index (κ2) is 7.29. The average molecular weight is 329 g/mol. The van der Waals surface area contributed by atoms with Crippen molar-refractivity contribution in [3.8, 4) is 0 Å². The van der Waals surface area contributed by atoms with Gasteiger partial charge in [0.2, 0.25) is 0 Å². The van der Waals surface area contributed by atoms with Crippen LogP contribution >= 0.6 is 0 Å². The van der Waals surface area contributed by atoms with Gasteiger partial charge in [-0.25, -0.2) is 4.79 Å². The number of esters is 1. The normalized spacial score (nSPS) is 12.5. The van der Waals surface area contributed by atoms with E-state index in [4.69, 9.17) is 4.74 Å². The van der Waals surface area contributed by atoms with Crippen LogP contribution < -0.4 is 5.32 Å². The molecule has 0 aliphatic rings. The molecule has 1 amide bonds. The lowest BCUT2D eigenvalue weighted by atomic mass is 10.1. The molecule has 2 aromatic rings. The number of nitrogens with one attached hydrogen (secondary N) is 1. The maximum absolute atomic E-state index is 12.1. The maximum Gasteiger partial charge on any atom is 0.338 e. The fraction of sp³-hybridized carbons (Fsp3) is 0.389. The molecule has 6 nitrogen and oxygen atoms in total. The van der Waals surface area contributed by atoms with Gasteiger partial charge in [-0.3, -0.25) is 9.48 Å². The summed E-state index contributed by atoms with van der Waals surface area (Å²) in [7, 11) is 0. The molecule has 1 N–H and O–H groups in total. The third-order valence-corrected chi connectivity index (χ3v) is 3.24. The lowest BCUT2D eigenvalue weighted by Gasteiger charge is -2.23. The minimum atomic E-state index is -0.847. The summed E-state index contributed by atoms with van der Waals surface area (Å²) < 4.78 is 7.02. The Morgan fingerprint density at radius 1 is 1.25 bits per heavy atom. The number of rotatable bonds is 5. The Hall–Kier alpha value is -2.63. The highest BCUT2D eigenvalue weighted by atomic mass is 16.5. The van der Waals surface area contributed by atoms with Crippen LogP contribution in [0.3, 0.4) is 0 Å². The Kier molecular flexibility index (Phi) is 5.39. The van der Waals surface area contributed by atoms with Gasteiger partial charge in [-0.05, 0) is 51.5 Å². The van der Waals surface area contributed by atoms with Crippen molar-refractivity contribution in [3.63, 3.8) is 0 Å². The molecule has 24 heavy (non-hydrogen) atoms. The second-order valence-corrected chi connectivity index (χ2v) is 6.69. The molecule has 0 bridgehead atoms. The summed E-state index contributed by atoms with van der Waals surface area (Å²) in [6.07, 6.45) is 2.74. The molecule has 0 fully saturated rings. The van der Waals surface area contributed by atoms with Crippen LogP contribution in [0.4, 0.5) is 0 Å². The monoisotopic (exact) mass is 329 g/mol. The zero-order valence-electron chi connectivity index (χ0n) is 14.4. The number of nitrogens with zero attached hydrogens (tertiary/aromatic N) is 2. The summed E-state index contributed by atoms with van der Waals surface area (Å²) >= 11 is 0. The van der Waals surface area contributed by atoms with Crippen molar-refractivity contribution in [2.24, 2.45) is 0 Å². The first-order valence-corrected chi connectivity index (χ1v) is 7.84. The highest BCUT2D eigenvalue weighted by Crippen LogP contribution is 2.09. The molecule has 1 unspecified atom stereocenters. The van der Waals surface area contributed by atoms with E-state index in [-0.39, 0.29) is 11.4 Å². The summed E-state index contributed by atoms with van der Waals surface area (Å²) in [6, 6.07) is 8.93. The van der Waals surface area contributed by atoms with Crippen LogP contribution in [-0.2, 0) is 16.1 Å². The molecule has 0 radical (unpaired) electrons. The number of hydrogen-bond acceptors (Lipinski definition) is 4. The van der Waals surface area contributed by atoms with Crippen LogP contribution in [0.5, 0.6) is 0 Å². The van der Waals surface area contributed by atoms with Crippen molar-refractivity contribution in [2.75, 3.05) is 0 Å². The van der Waals surface area contributed by atoms with Gasteiger partial charge in [-0.2, -0.15) is 5.10 Å². The molecule has 0 spiro atoms. The molecule has 6 heteroatoms. The fourth-order valence-electron chi connectivity index (χ4n) is 2.08. The predicted molar refractivity (Wildman–Crippen MR) is 90.5 cm³/mol. The lowest BCUT2D eigenvalue weighted by molar-refractivity contribution is -0.130. The molecular weight excluding hydrogens is 306 g/mol. The van der Waals surface area contributed by atoms with Crippen molar-refractivity contribution in [2.45, 2.75) is 45.9 Å². The largest absolute Gasteiger partial charge is 0.449 e. The maximum atomic E-state index is 12.1. The van der Waals surface area contributed by atoms with Gasteiger partial charge in [0, 0.05) is 17.9 Å². The molecule has 1 aromatic carbocycles. The zero-order chi connectivity index (χ0) is 17.7. The molecule has 0 saturated carbocycles. The van der Waals surface area contributed by atoms with Gasteiger partial charge in [-0.1, -0.05) is 12.1 Å². The summed E-state index contributed by atoms with van der Waals surface area (Å²) in [5.41, 5.74) is 1.06. The minimum absolute atomic E-state index is 0.314. The van der Waals surface area contributed by atoms with Crippen molar-refractivity contribution < 1.29 is 14.3 Å². The van der Waals surface area contributed by atoms with Crippen LogP contribution in [0, 0.1) is 0 Å². The van der Waals surface area contributed by atoms with Gasteiger partial charge in [0.1, 0.15) is 0 Å². The van der Waals surface area contributed by atoms with E-state index in [0.717, 1.165) is 5.56 Å². The number of amides is 1. The number of benzene rings is 1. The number of hydrogen-bond donors (Lipinski definition) is 1. The summed E-state index contributed by atoms with van der Waals surface area (Å²) in [6.45, 7) is 7.81. The van der Waals surface area contributed by atoms with E-state index in [1.165, 1.54) is 0 Å². The van der Waals surface area contributed by atoms with Gasteiger partial charge in [0.05, 0.1) is 12.1 Å². The summed E-state index contributed by atoms with van der Waals surface area (Å²) in [5, 5.41) is 6.92. The van der Waals surface area contributed by atoms with Crippen molar-refractivity contribution in [3.05, 3.63) is 53.9 Å². The molecule has 1 atom stereocenters. The number of carbonyl (C=O) groups excluding carboxylic acids is 2. The molecule has 1 heterocycles. The van der Waals surface area contributed by atoms with E-state index in [0.29, 0.717) is 12.1 Å². The Bertz CT molecular complexity index is 685. The number of ether oxygens (including phenoxy) is 1. The van der Waals surface area contributed by atoms with E-state index in [1.807, 2.05) is 45.2 Å². The molecular formula is C18H23N3O3. The first kappa shape index (κ1) is 17.7. The topological polar surface area (TPSA) is 73.2 Å². The highest BCUT2D eigenvalue weighted by Gasteiger charge is 2.22. The SMILES string of the molecule is CC(OC(=O)c1ccc(Cn2cccn2)cc1)C(=O)NC(C)(C)C. The van der Waals surface area contributed by atoms with E-state index in [2.05, 4.69) is 10.4 Å². The first-order chi connectivity index (χ1) is 11.2. The second-order valence-electron chi connectivity index (χ2n) is 6.69. The average Bonchev–Trinajstić information content (AvgIpc) is 2.99. The van der Waals surface area contributed by atoms with E-state index >= 15 is 0 Å². The number of aromatic nitrogens is 2. The van der Waals surface area contributed by atoms with E-state index in [9.17, 15) is 9.59 Å². The number of carbonyl (C=O) groups is 2. The van der Waals surface area contributed by atoms with Gasteiger partial charge in [0.25, 0.3) is 5.91 Å². The Morgan fingerprint density at radius 3 is 2.46 bits per heavy atom. The standard InChI is InChI=1S/C18H23N3O3/c1-13(16(22)20-18(2,3)4)24-17(23)15-8-6-14(7-9-15)12-21-11-5-10-19-21/h5-11,13H,12H2,1-4H3,(H,20,22). The molecule has 1 aromatic heterocycles. The predicted octanol–water partition coefficient (Wildman–Crippen LogP) is 2.39. The minimum Gasteiger partial charge on any atom is -0.449 e. The highest BCUT2D eigenvalue weighted by molar-refractivity contribution is 5.92. The van der Waals surface area contributed by atoms with Crippen LogP contribution in [-0.4, -0.2) is 33.3 Å². The Morgan fingerprint density at radius 2 is 1.92 bits per heavy atom. The van der Waals surface area contributed by atoms with Gasteiger partial charge in [0.15, 0.2) is 6.10 Å². The molecule has 0 saturated heterocycles. The Labute approximate surface area is 141 Å². The van der Waals surface area contributed by atoms with Crippen molar-refractivity contribution >= 4 is 11.9 Å². The van der Waals surface area contributed by atoms with Crippen molar-refractivity contribution in [1.82, 2.24) is 15.1 Å². The van der Waals surface area contributed by atoms with Crippen LogP contribution in [0.25, 0.3) is 0 Å². The third-order valence-electron chi connectivity index (χ3n) is 3.24. The third kappa shape index (κ3) is 5.22. The fourth-order valence-corrected chi connectivity index (χ4v) is 2.08. The molecule has 2 rings (SSSR count). The lowest BCUT2D eigenvalue weighted by Crippen LogP contribution is -2.46. The smallest absolute Gasteiger partial charge is 0.338 e.